The van der Waals surface area contributed by atoms with Crippen LogP contribution in [0.4, 0.5) is 5.82 Å². The zero-order valence-electron chi connectivity index (χ0n) is 16.9. The van der Waals surface area contributed by atoms with Gasteiger partial charge in [0.15, 0.2) is 0 Å². The highest BCUT2D eigenvalue weighted by Gasteiger charge is 2.29. The van der Waals surface area contributed by atoms with E-state index in [2.05, 4.69) is 10.00 Å². The summed E-state index contributed by atoms with van der Waals surface area (Å²) in [5.74, 6) is 1.19. The lowest BCUT2D eigenvalue weighted by Gasteiger charge is -2.37. The van der Waals surface area contributed by atoms with Gasteiger partial charge in [0.2, 0.25) is 10.9 Å². The summed E-state index contributed by atoms with van der Waals surface area (Å²) in [5.41, 5.74) is 0.804. The normalized spacial score (nSPS) is 18.1. The highest BCUT2D eigenvalue weighted by Crippen LogP contribution is 2.27. The van der Waals surface area contributed by atoms with Crippen LogP contribution in [0.1, 0.15) is 32.1 Å². The maximum absolute atomic E-state index is 12.8. The van der Waals surface area contributed by atoms with E-state index in [1.54, 1.807) is 6.07 Å². The van der Waals surface area contributed by atoms with Crippen LogP contribution in [0.3, 0.4) is 0 Å². The van der Waals surface area contributed by atoms with E-state index in [0.717, 1.165) is 23.4 Å². The first-order valence-electron chi connectivity index (χ1n) is 10.7. The Hall–Kier alpha value is -2.74. The summed E-state index contributed by atoms with van der Waals surface area (Å²) < 4.78 is 1.37. The molecule has 1 amide bonds. The van der Waals surface area contributed by atoms with Crippen LogP contribution < -0.4 is 10.5 Å². The summed E-state index contributed by atoms with van der Waals surface area (Å²) in [4.78, 5) is 34.8. The van der Waals surface area contributed by atoms with Crippen molar-refractivity contribution in [1.82, 2.24) is 19.5 Å². The molecule has 2 aromatic heterocycles. The van der Waals surface area contributed by atoms with E-state index < -0.39 is 0 Å². The highest BCUT2D eigenvalue weighted by atomic mass is 32.1. The molecule has 0 unspecified atom stereocenters. The van der Waals surface area contributed by atoms with Crippen LogP contribution in [-0.2, 0) is 4.79 Å². The van der Waals surface area contributed by atoms with Crippen LogP contribution in [-0.4, -0.2) is 51.6 Å². The Labute approximate surface area is 179 Å². The quantitative estimate of drug-likeness (QED) is 0.648. The second-order valence-corrected chi connectivity index (χ2v) is 9.02. The Morgan fingerprint density at radius 2 is 1.73 bits per heavy atom. The Morgan fingerprint density at radius 3 is 2.47 bits per heavy atom. The highest BCUT2D eigenvalue weighted by molar-refractivity contribution is 7.19. The molecule has 1 saturated carbocycles. The van der Waals surface area contributed by atoms with Crippen LogP contribution in [0.25, 0.3) is 15.5 Å². The second-order valence-electron chi connectivity index (χ2n) is 8.07. The fourth-order valence-corrected chi connectivity index (χ4v) is 5.33. The van der Waals surface area contributed by atoms with Crippen molar-refractivity contribution in [2.45, 2.75) is 32.1 Å². The molecule has 8 heteroatoms. The molecule has 2 fully saturated rings. The number of amides is 1. The van der Waals surface area contributed by atoms with Crippen molar-refractivity contribution in [3.63, 3.8) is 0 Å². The van der Waals surface area contributed by atoms with E-state index in [0.29, 0.717) is 42.9 Å². The van der Waals surface area contributed by atoms with E-state index in [1.807, 2.05) is 35.2 Å². The predicted molar refractivity (Wildman–Crippen MR) is 118 cm³/mol. The summed E-state index contributed by atoms with van der Waals surface area (Å²) in [7, 11) is 0. The molecule has 5 rings (SSSR count). The van der Waals surface area contributed by atoms with Crippen molar-refractivity contribution in [2.24, 2.45) is 5.92 Å². The first kappa shape index (κ1) is 19.2. The van der Waals surface area contributed by atoms with Crippen LogP contribution in [0.5, 0.6) is 0 Å². The summed E-state index contributed by atoms with van der Waals surface area (Å²) in [6.45, 7) is 2.78. The first-order chi connectivity index (χ1) is 14.7. The van der Waals surface area contributed by atoms with Gasteiger partial charge in [-0.25, -0.2) is 4.98 Å². The average molecular weight is 424 g/mol. The van der Waals surface area contributed by atoms with Gasteiger partial charge in [-0.15, -0.1) is 0 Å². The number of carbonyl (C=O) groups is 1. The van der Waals surface area contributed by atoms with Gasteiger partial charge in [0, 0.05) is 43.7 Å². The number of benzene rings is 1. The molecule has 3 heterocycles. The predicted octanol–water partition coefficient (Wildman–Crippen LogP) is 3.05. The Bertz CT molecular complexity index is 1100. The third-order valence-corrected chi connectivity index (χ3v) is 7.08. The van der Waals surface area contributed by atoms with Crippen molar-refractivity contribution in [3.05, 3.63) is 46.8 Å². The van der Waals surface area contributed by atoms with Gasteiger partial charge in [-0.3, -0.25) is 9.59 Å². The lowest BCUT2D eigenvalue weighted by molar-refractivity contribution is -0.136. The largest absolute Gasteiger partial charge is 0.353 e. The number of fused-ring (bicyclic) bond motifs is 1. The van der Waals surface area contributed by atoms with Gasteiger partial charge >= 0.3 is 0 Å². The lowest BCUT2D eigenvalue weighted by Crippen LogP contribution is -2.51. The van der Waals surface area contributed by atoms with Gasteiger partial charge in [0.25, 0.3) is 5.56 Å². The smallest absolute Gasteiger partial charge is 0.277 e. The molecule has 0 N–H and O–H groups in total. The fraction of sp³-hybridized carbons (Fsp3) is 0.455. The number of piperazine rings is 1. The lowest BCUT2D eigenvalue weighted by atomic mass is 9.88. The minimum atomic E-state index is -0.172. The van der Waals surface area contributed by atoms with Gasteiger partial charge in [-0.2, -0.15) is 9.61 Å². The maximum Gasteiger partial charge on any atom is 0.277 e. The van der Waals surface area contributed by atoms with Crippen molar-refractivity contribution in [3.8, 4) is 10.6 Å². The number of carbonyl (C=O) groups excluding carboxylic acids is 1. The number of rotatable bonds is 3. The molecule has 2 aliphatic rings. The van der Waals surface area contributed by atoms with E-state index in [-0.39, 0.29) is 11.5 Å². The monoisotopic (exact) mass is 423 g/mol. The van der Waals surface area contributed by atoms with Gasteiger partial charge in [0.05, 0.1) is 0 Å². The Morgan fingerprint density at radius 1 is 1.00 bits per heavy atom. The third kappa shape index (κ3) is 3.71. The molecule has 0 bridgehead atoms. The molecule has 3 aromatic rings. The van der Waals surface area contributed by atoms with Crippen molar-refractivity contribution < 1.29 is 4.79 Å². The molecular weight excluding hydrogens is 398 g/mol. The molecule has 30 heavy (non-hydrogen) atoms. The van der Waals surface area contributed by atoms with E-state index >= 15 is 0 Å². The van der Waals surface area contributed by atoms with Crippen molar-refractivity contribution >= 4 is 28.0 Å². The van der Waals surface area contributed by atoms with Crippen molar-refractivity contribution in [1.29, 1.82) is 0 Å². The van der Waals surface area contributed by atoms with Crippen LogP contribution in [0.2, 0.25) is 0 Å². The van der Waals surface area contributed by atoms with Gasteiger partial charge in [-0.1, -0.05) is 60.9 Å². The number of hydrogen-bond donors (Lipinski definition) is 0. The first-order valence-corrected chi connectivity index (χ1v) is 11.5. The zero-order valence-corrected chi connectivity index (χ0v) is 17.7. The van der Waals surface area contributed by atoms with Gasteiger partial charge < -0.3 is 9.80 Å². The van der Waals surface area contributed by atoms with E-state index in [1.165, 1.54) is 35.1 Å². The molecular formula is C22H25N5O2S. The minimum Gasteiger partial charge on any atom is -0.353 e. The molecule has 1 saturated heterocycles. The summed E-state index contributed by atoms with van der Waals surface area (Å²) in [5, 5.41) is 5.22. The second kappa shape index (κ2) is 8.18. The zero-order chi connectivity index (χ0) is 20.5. The SMILES string of the molecule is O=C(C1CCCCC1)N1CCN(c2cc(=O)n3nc(-c4ccccc4)sc3n2)CC1. The maximum atomic E-state index is 12.8. The molecule has 1 aliphatic carbocycles. The Balaban J connectivity index is 1.32. The number of nitrogens with zero attached hydrogens (tertiary/aromatic N) is 5. The fourth-order valence-electron chi connectivity index (χ4n) is 4.42. The summed E-state index contributed by atoms with van der Waals surface area (Å²) >= 11 is 1.42. The van der Waals surface area contributed by atoms with E-state index in [4.69, 9.17) is 4.98 Å². The molecule has 1 aliphatic heterocycles. The van der Waals surface area contributed by atoms with Crippen molar-refractivity contribution in [2.75, 3.05) is 31.1 Å². The summed E-state index contributed by atoms with van der Waals surface area (Å²) in [6, 6.07) is 11.4. The topological polar surface area (TPSA) is 70.8 Å². The van der Waals surface area contributed by atoms with Crippen LogP contribution in [0.15, 0.2) is 41.2 Å². The third-order valence-electron chi connectivity index (χ3n) is 6.12. The Kier molecular flexibility index (Phi) is 5.25. The number of hydrogen-bond acceptors (Lipinski definition) is 6. The summed E-state index contributed by atoms with van der Waals surface area (Å²) in [6.07, 6.45) is 5.66. The molecule has 1 aromatic carbocycles. The van der Waals surface area contributed by atoms with E-state index in [9.17, 15) is 9.59 Å². The average Bonchev–Trinajstić information content (AvgIpc) is 3.25. The molecule has 7 nitrogen and oxygen atoms in total. The van der Waals surface area contributed by atoms with Gasteiger partial charge in [-0.05, 0) is 12.8 Å². The number of aromatic nitrogens is 3. The van der Waals surface area contributed by atoms with Gasteiger partial charge in [0.1, 0.15) is 10.8 Å². The standard InChI is InChI=1S/C22H25N5O2S/c28-19-15-18(23-22-27(19)24-20(30-22)16-7-3-1-4-8-16)25-11-13-26(14-12-25)21(29)17-9-5-2-6-10-17/h1,3-4,7-8,15,17H,2,5-6,9-14H2. The number of anilines is 1. The molecule has 156 valence electrons. The van der Waals surface area contributed by atoms with Crippen LogP contribution >= 0.6 is 11.3 Å². The molecule has 0 radical (unpaired) electrons. The molecule has 0 spiro atoms. The van der Waals surface area contributed by atoms with Crippen LogP contribution in [0, 0.1) is 5.92 Å². The minimum absolute atomic E-state index is 0.172. The molecule has 0 atom stereocenters.